The van der Waals surface area contributed by atoms with Crippen molar-refractivity contribution >= 4 is 34.9 Å². The number of hydrogen-bond acceptors (Lipinski definition) is 5. The van der Waals surface area contributed by atoms with Crippen LogP contribution in [0.3, 0.4) is 0 Å². The van der Waals surface area contributed by atoms with Gasteiger partial charge >= 0.3 is 0 Å². The summed E-state index contributed by atoms with van der Waals surface area (Å²) < 4.78 is 4.41. The second-order valence-corrected chi connectivity index (χ2v) is 9.73. The van der Waals surface area contributed by atoms with E-state index in [-0.39, 0.29) is 0 Å². The van der Waals surface area contributed by atoms with Gasteiger partial charge in [0.05, 0.1) is 9.90 Å². The number of piperidine rings is 2. The van der Waals surface area contributed by atoms with Crippen molar-refractivity contribution in [3.05, 3.63) is 10.2 Å². The molecule has 0 unspecified atom stereocenters. The van der Waals surface area contributed by atoms with Crippen LogP contribution in [0.2, 0.25) is 4.47 Å². The summed E-state index contributed by atoms with van der Waals surface area (Å²) in [6.45, 7) is 10.8. The quantitative estimate of drug-likeness (QED) is 0.734. The summed E-state index contributed by atoms with van der Waals surface area (Å²) in [6.07, 6.45) is 5.43. The Bertz CT molecular complexity index is 478. The van der Waals surface area contributed by atoms with Crippen LogP contribution in [0, 0.1) is 18.8 Å². The molecule has 0 amide bonds. The molecule has 22 heavy (non-hydrogen) atoms. The van der Waals surface area contributed by atoms with Gasteiger partial charge in [0.2, 0.25) is 0 Å². The smallest absolute Gasteiger partial charge is 0.184 e. The third-order valence-electron chi connectivity index (χ3n) is 4.91. The van der Waals surface area contributed by atoms with Crippen molar-refractivity contribution in [3.63, 3.8) is 0 Å². The van der Waals surface area contributed by atoms with Crippen LogP contribution in [0.1, 0.15) is 38.3 Å². The molecular formula is C16H26ClN3S2. The molecule has 1 aromatic heterocycles. The van der Waals surface area contributed by atoms with Crippen molar-refractivity contribution in [1.82, 2.24) is 14.2 Å². The van der Waals surface area contributed by atoms with Crippen LogP contribution in [-0.4, -0.2) is 46.9 Å². The number of nitrogens with zero attached hydrogens (tertiary/aromatic N) is 3. The summed E-state index contributed by atoms with van der Waals surface area (Å²) >= 11 is 9.45. The Hall–Kier alpha value is 0.190. The zero-order chi connectivity index (χ0) is 15.5. The van der Waals surface area contributed by atoms with Crippen LogP contribution in [0.15, 0.2) is 4.21 Å². The lowest BCUT2D eigenvalue weighted by molar-refractivity contribution is 0.144. The van der Waals surface area contributed by atoms with Crippen LogP contribution in [-0.2, 0) is 0 Å². The topological polar surface area (TPSA) is 19.4 Å². The molecule has 2 fully saturated rings. The first-order valence-corrected chi connectivity index (χ1v) is 10.3. The number of likely N-dealkylation sites (tertiary alicyclic amines) is 1. The summed E-state index contributed by atoms with van der Waals surface area (Å²) in [7, 11) is 0. The summed E-state index contributed by atoms with van der Waals surface area (Å²) in [5, 5.41) is 0. The Morgan fingerprint density at radius 3 is 2.45 bits per heavy atom. The van der Waals surface area contributed by atoms with Crippen molar-refractivity contribution in [2.24, 2.45) is 11.8 Å². The van der Waals surface area contributed by atoms with Gasteiger partial charge in [0, 0.05) is 19.6 Å². The Morgan fingerprint density at radius 2 is 1.86 bits per heavy atom. The average molecular weight is 360 g/mol. The molecule has 6 heteroatoms. The van der Waals surface area contributed by atoms with Gasteiger partial charge in [0.25, 0.3) is 0 Å². The zero-order valence-electron chi connectivity index (χ0n) is 13.6. The number of aromatic nitrogens is 1. The molecule has 0 bridgehead atoms. The van der Waals surface area contributed by atoms with Crippen molar-refractivity contribution < 1.29 is 0 Å². The largest absolute Gasteiger partial charge is 0.303 e. The van der Waals surface area contributed by atoms with E-state index in [4.69, 9.17) is 11.6 Å². The van der Waals surface area contributed by atoms with E-state index in [1.807, 2.05) is 11.9 Å². The van der Waals surface area contributed by atoms with Crippen LogP contribution in [0.25, 0.3) is 0 Å². The normalized spacial score (nSPS) is 23.2. The van der Waals surface area contributed by atoms with Gasteiger partial charge in [0.15, 0.2) is 4.47 Å². The van der Waals surface area contributed by atoms with E-state index in [0.29, 0.717) is 4.47 Å². The summed E-state index contributed by atoms with van der Waals surface area (Å²) in [5.74, 6) is 1.82. The minimum atomic E-state index is 0.661. The van der Waals surface area contributed by atoms with Crippen molar-refractivity contribution in [2.75, 3.05) is 32.7 Å². The van der Waals surface area contributed by atoms with Crippen LogP contribution in [0.5, 0.6) is 0 Å². The maximum atomic E-state index is 6.00. The molecule has 0 N–H and O–H groups in total. The molecule has 3 rings (SSSR count). The lowest BCUT2D eigenvalue weighted by atomic mass is 9.94. The van der Waals surface area contributed by atoms with Gasteiger partial charge in [-0.05, 0) is 69.5 Å². The molecule has 1 aromatic rings. The Morgan fingerprint density at radius 1 is 1.18 bits per heavy atom. The third kappa shape index (κ3) is 4.60. The van der Waals surface area contributed by atoms with Crippen molar-refractivity contribution in [1.29, 1.82) is 0 Å². The SMILES string of the molecule is Cc1nc(Cl)sc1SN1CCC(CN2CCC(C)CC2)CC1. The highest BCUT2D eigenvalue weighted by atomic mass is 35.5. The number of rotatable bonds is 4. The van der Waals surface area contributed by atoms with E-state index >= 15 is 0 Å². The molecule has 0 aromatic carbocycles. The molecule has 0 radical (unpaired) electrons. The second kappa shape index (κ2) is 7.84. The van der Waals surface area contributed by atoms with E-state index in [1.54, 1.807) is 11.3 Å². The molecule has 3 nitrogen and oxygen atoms in total. The first kappa shape index (κ1) is 17.0. The van der Waals surface area contributed by atoms with Gasteiger partial charge in [0.1, 0.15) is 0 Å². The molecule has 0 spiro atoms. The molecule has 0 atom stereocenters. The number of thiazole rings is 1. The van der Waals surface area contributed by atoms with E-state index in [9.17, 15) is 0 Å². The van der Waals surface area contributed by atoms with E-state index in [2.05, 4.69) is 28.0 Å². The lowest BCUT2D eigenvalue weighted by Gasteiger charge is -2.36. The maximum Gasteiger partial charge on any atom is 0.184 e. The van der Waals surface area contributed by atoms with Gasteiger partial charge in [-0.25, -0.2) is 9.29 Å². The Balaban J connectivity index is 1.41. The lowest BCUT2D eigenvalue weighted by Crippen LogP contribution is -2.39. The monoisotopic (exact) mass is 359 g/mol. The van der Waals surface area contributed by atoms with Crippen molar-refractivity contribution in [3.8, 4) is 0 Å². The molecule has 0 saturated carbocycles. The highest BCUT2D eigenvalue weighted by molar-refractivity contribution is 7.99. The fourth-order valence-electron chi connectivity index (χ4n) is 3.35. The van der Waals surface area contributed by atoms with Gasteiger partial charge in [-0.15, -0.1) is 0 Å². The van der Waals surface area contributed by atoms with Crippen LogP contribution < -0.4 is 0 Å². The second-order valence-electron chi connectivity index (χ2n) is 6.79. The molecule has 0 aliphatic carbocycles. The fourth-order valence-corrected chi connectivity index (χ4v) is 5.88. The average Bonchev–Trinajstić information content (AvgIpc) is 2.81. The van der Waals surface area contributed by atoms with E-state index in [1.165, 1.54) is 62.6 Å². The zero-order valence-corrected chi connectivity index (χ0v) is 15.9. The third-order valence-corrected chi connectivity index (χ3v) is 7.52. The number of halogens is 1. The predicted octanol–water partition coefficient (Wildman–Crippen LogP) is 4.56. The molecule has 2 aliphatic heterocycles. The number of hydrogen-bond donors (Lipinski definition) is 0. The molecule has 3 heterocycles. The minimum absolute atomic E-state index is 0.661. The first-order valence-electron chi connectivity index (χ1n) is 8.38. The summed E-state index contributed by atoms with van der Waals surface area (Å²) in [4.78, 5) is 7.00. The Labute approximate surface area is 147 Å². The van der Waals surface area contributed by atoms with E-state index in [0.717, 1.165) is 17.5 Å². The highest BCUT2D eigenvalue weighted by Crippen LogP contribution is 2.36. The minimum Gasteiger partial charge on any atom is -0.303 e. The first-order chi connectivity index (χ1) is 10.6. The van der Waals surface area contributed by atoms with Crippen molar-refractivity contribution in [2.45, 2.75) is 43.7 Å². The van der Waals surface area contributed by atoms with E-state index < -0.39 is 0 Å². The highest BCUT2D eigenvalue weighted by Gasteiger charge is 2.24. The molecule has 124 valence electrons. The van der Waals surface area contributed by atoms with Gasteiger partial charge in [-0.2, -0.15) is 0 Å². The summed E-state index contributed by atoms with van der Waals surface area (Å²) in [6, 6.07) is 0. The van der Waals surface area contributed by atoms with Crippen LogP contribution in [0.4, 0.5) is 0 Å². The fraction of sp³-hybridized carbons (Fsp3) is 0.812. The molecular weight excluding hydrogens is 334 g/mol. The van der Waals surface area contributed by atoms with Gasteiger partial charge < -0.3 is 4.90 Å². The Kier molecular flexibility index (Phi) is 6.07. The molecule has 2 saturated heterocycles. The number of aryl methyl sites for hydroxylation is 1. The van der Waals surface area contributed by atoms with Crippen LogP contribution >= 0.6 is 34.9 Å². The maximum absolute atomic E-state index is 6.00. The summed E-state index contributed by atoms with van der Waals surface area (Å²) in [5.41, 5.74) is 1.07. The van der Waals surface area contributed by atoms with Gasteiger partial charge in [-0.3, -0.25) is 0 Å². The standard InChI is InChI=1S/C16H26ClN3S2/c1-12-3-7-19(8-4-12)11-14-5-9-20(10-6-14)22-15-13(2)18-16(17)21-15/h12,14H,3-11H2,1-2H3. The molecule has 2 aliphatic rings. The van der Waals surface area contributed by atoms with Gasteiger partial charge in [-0.1, -0.05) is 29.9 Å². The predicted molar refractivity (Wildman–Crippen MR) is 96.9 cm³/mol.